The van der Waals surface area contributed by atoms with Crippen LogP contribution in [0.5, 0.6) is 0 Å². The summed E-state index contributed by atoms with van der Waals surface area (Å²) in [4.78, 5) is 12.0. The van der Waals surface area contributed by atoms with Crippen LogP contribution in [0.15, 0.2) is 6.20 Å². The summed E-state index contributed by atoms with van der Waals surface area (Å²) in [6, 6.07) is 0. The van der Waals surface area contributed by atoms with Crippen molar-refractivity contribution < 1.29 is 4.79 Å². The molecule has 0 radical (unpaired) electrons. The molecule has 0 aliphatic heterocycles. The second kappa shape index (κ2) is 6.30. The van der Waals surface area contributed by atoms with Gasteiger partial charge in [-0.2, -0.15) is 5.10 Å². The topological polar surface area (TPSA) is 57.8 Å². The van der Waals surface area contributed by atoms with E-state index in [1.807, 2.05) is 6.92 Å². The maximum absolute atomic E-state index is 12.0. The van der Waals surface area contributed by atoms with Crippen LogP contribution in [0.4, 0.5) is 5.82 Å². The zero-order chi connectivity index (χ0) is 12.0. The summed E-state index contributed by atoms with van der Waals surface area (Å²) >= 11 is 0. The lowest BCUT2D eigenvalue weighted by Crippen LogP contribution is -2.23. The quantitative estimate of drug-likeness (QED) is 0.779. The molecule has 1 amide bonds. The van der Waals surface area contributed by atoms with E-state index < -0.39 is 0 Å². The molecule has 0 saturated heterocycles. The molecule has 1 aromatic heterocycles. The van der Waals surface area contributed by atoms with Gasteiger partial charge in [0.05, 0.1) is 6.20 Å². The van der Waals surface area contributed by atoms with Crippen molar-refractivity contribution in [2.24, 2.45) is 5.92 Å². The molecule has 1 aromatic rings. The lowest BCUT2D eigenvalue weighted by atomic mass is 9.97. The number of carbonyl (C=O) groups excluding carboxylic acids is 1. The van der Waals surface area contributed by atoms with Crippen LogP contribution >= 0.6 is 0 Å². The molecule has 2 N–H and O–H groups in total. The second-order valence-corrected chi connectivity index (χ2v) is 4.19. The van der Waals surface area contributed by atoms with E-state index >= 15 is 0 Å². The normalized spacial score (nSPS) is 10.8. The zero-order valence-corrected chi connectivity index (χ0v) is 10.3. The monoisotopic (exact) mass is 223 g/mol. The molecule has 1 heterocycles. The summed E-state index contributed by atoms with van der Waals surface area (Å²) in [7, 11) is 0. The number of aryl methyl sites for hydroxylation is 1. The first-order chi connectivity index (χ1) is 7.69. The molecule has 0 bridgehead atoms. The van der Waals surface area contributed by atoms with Crippen LogP contribution in [0.1, 0.15) is 45.1 Å². The van der Waals surface area contributed by atoms with E-state index in [4.69, 9.17) is 0 Å². The highest BCUT2D eigenvalue weighted by Gasteiger charge is 2.17. The minimum atomic E-state index is 0.107. The Bertz CT molecular complexity index is 327. The smallest absolute Gasteiger partial charge is 0.228 e. The first-order valence-corrected chi connectivity index (χ1v) is 5.99. The van der Waals surface area contributed by atoms with Gasteiger partial charge in [0.15, 0.2) is 0 Å². The lowest BCUT2D eigenvalue weighted by Gasteiger charge is -2.14. The number of anilines is 1. The Kier molecular flexibility index (Phi) is 5.02. The van der Waals surface area contributed by atoms with Gasteiger partial charge < -0.3 is 5.32 Å². The number of rotatable bonds is 6. The minimum absolute atomic E-state index is 0.107. The van der Waals surface area contributed by atoms with Crippen LogP contribution in [0.3, 0.4) is 0 Å². The molecule has 0 unspecified atom stereocenters. The molecule has 0 saturated carbocycles. The van der Waals surface area contributed by atoms with E-state index in [1.165, 1.54) is 0 Å². The van der Waals surface area contributed by atoms with Gasteiger partial charge >= 0.3 is 0 Å². The number of aromatic nitrogens is 2. The minimum Gasteiger partial charge on any atom is -0.311 e. The van der Waals surface area contributed by atoms with Crippen LogP contribution in [0.25, 0.3) is 0 Å². The highest BCUT2D eigenvalue weighted by molar-refractivity contribution is 5.92. The Labute approximate surface area is 96.8 Å². The third-order valence-electron chi connectivity index (χ3n) is 2.72. The number of carbonyl (C=O) groups is 1. The number of nitrogens with one attached hydrogen (secondary N) is 2. The summed E-state index contributed by atoms with van der Waals surface area (Å²) in [6.45, 7) is 6.14. The fourth-order valence-electron chi connectivity index (χ4n) is 1.80. The summed E-state index contributed by atoms with van der Waals surface area (Å²) in [5.74, 6) is 0.955. The average molecular weight is 223 g/mol. The Balaban J connectivity index is 2.58. The Morgan fingerprint density at radius 3 is 2.50 bits per heavy atom. The number of amides is 1. The first kappa shape index (κ1) is 12.7. The van der Waals surface area contributed by atoms with Crippen molar-refractivity contribution in [3.8, 4) is 0 Å². The number of hydrogen-bond acceptors (Lipinski definition) is 2. The summed E-state index contributed by atoms with van der Waals surface area (Å²) < 4.78 is 0. The van der Waals surface area contributed by atoms with Crippen LogP contribution in [-0.4, -0.2) is 16.1 Å². The lowest BCUT2D eigenvalue weighted by molar-refractivity contribution is -0.120. The molecule has 0 aliphatic rings. The fourth-order valence-corrected chi connectivity index (χ4v) is 1.80. The molecular formula is C12H21N3O. The van der Waals surface area contributed by atoms with Crippen LogP contribution < -0.4 is 5.32 Å². The van der Waals surface area contributed by atoms with Crippen molar-refractivity contribution >= 4 is 11.7 Å². The van der Waals surface area contributed by atoms with Gasteiger partial charge in [-0.1, -0.05) is 26.7 Å². The summed E-state index contributed by atoms with van der Waals surface area (Å²) in [5, 5.41) is 9.58. The van der Waals surface area contributed by atoms with Crippen molar-refractivity contribution in [1.82, 2.24) is 10.2 Å². The summed E-state index contributed by atoms with van der Waals surface area (Å²) in [5.41, 5.74) is 0.972. The standard InChI is InChI=1S/C12H21N3O/c1-4-6-10(7-5-2)12(16)14-11-9(3)8-13-15-11/h8,10H,4-7H2,1-3H3,(H2,13,14,15,16). The molecule has 16 heavy (non-hydrogen) atoms. The van der Waals surface area contributed by atoms with Gasteiger partial charge in [0.1, 0.15) is 5.82 Å². The number of hydrogen-bond donors (Lipinski definition) is 2. The molecule has 90 valence electrons. The Morgan fingerprint density at radius 1 is 1.44 bits per heavy atom. The summed E-state index contributed by atoms with van der Waals surface area (Å²) in [6.07, 6.45) is 5.70. The van der Waals surface area contributed by atoms with E-state index in [2.05, 4.69) is 29.4 Å². The van der Waals surface area contributed by atoms with Crippen LogP contribution in [0, 0.1) is 12.8 Å². The van der Waals surface area contributed by atoms with E-state index in [1.54, 1.807) is 6.20 Å². The highest BCUT2D eigenvalue weighted by Crippen LogP contribution is 2.17. The van der Waals surface area contributed by atoms with Crippen molar-refractivity contribution in [2.75, 3.05) is 5.32 Å². The number of nitrogens with zero attached hydrogens (tertiary/aromatic N) is 1. The van der Waals surface area contributed by atoms with Gasteiger partial charge in [-0.25, -0.2) is 0 Å². The van der Waals surface area contributed by atoms with E-state index in [-0.39, 0.29) is 11.8 Å². The average Bonchev–Trinajstić information content (AvgIpc) is 2.64. The molecule has 1 rings (SSSR count). The van der Waals surface area contributed by atoms with Gasteiger partial charge in [0.2, 0.25) is 5.91 Å². The molecule has 0 fully saturated rings. The van der Waals surface area contributed by atoms with Gasteiger partial charge in [-0.3, -0.25) is 9.89 Å². The molecular weight excluding hydrogens is 202 g/mol. The Morgan fingerprint density at radius 2 is 2.06 bits per heavy atom. The third-order valence-corrected chi connectivity index (χ3v) is 2.72. The molecule has 0 aliphatic carbocycles. The van der Waals surface area contributed by atoms with E-state index in [0.29, 0.717) is 0 Å². The maximum atomic E-state index is 12.0. The Hall–Kier alpha value is -1.32. The maximum Gasteiger partial charge on any atom is 0.228 e. The first-order valence-electron chi connectivity index (χ1n) is 5.99. The highest BCUT2D eigenvalue weighted by atomic mass is 16.1. The van der Waals surface area contributed by atoms with E-state index in [9.17, 15) is 4.79 Å². The number of aromatic amines is 1. The van der Waals surface area contributed by atoms with Crippen molar-refractivity contribution in [2.45, 2.75) is 46.5 Å². The molecule has 0 spiro atoms. The van der Waals surface area contributed by atoms with E-state index in [0.717, 1.165) is 37.1 Å². The SMILES string of the molecule is CCCC(CCC)C(=O)Nc1[nH]ncc1C. The number of H-pyrrole nitrogens is 1. The fraction of sp³-hybridized carbons (Fsp3) is 0.667. The molecule has 4 heteroatoms. The molecule has 0 atom stereocenters. The zero-order valence-electron chi connectivity index (χ0n) is 10.3. The predicted molar refractivity (Wildman–Crippen MR) is 65.3 cm³/mol. The van der Waals surface area contributed by atoms with Crippen LogP contribution in [-0.2, 0) is 4.79 Å². The molecule has 0 aromatic carbocycles. The second-order valence-electron chi connectivity index (χ2n) is 4.19. The largest absolute Gasteiger partial charge is 0.311 e. The molecule has 4 nitrogen and oxygen atoms in total. The van der Waals surface area contributed by atoms with Crippen molar-refractivity contribution in [1.29, 1.82) is 0 Å². The van der Waals surface area contributed by atoms with Crippen LogP contribution in [0.2, 0.25) is 0 Å². The van der Waals surface area contributed by atoms with Crippen molar-refractivity contribution in [3.05, 3.63) is 11.8 Å². The van der Waals surface area contributed by atoms with Gasteiger partial charge in [0, 0.05) is 11.5 Å². The van der Waals surface area contributed by atoms with Gasteiger partial charge in [-0.15, -0.1) is 0 Å². The van der Waals surface area contributed by atoms with Gasteiger partial charge in [0.25, 0.3) is 0 Å². The van der Waals surface area contributed by atoms with Crippen molar-refractivity contribution in [3.63, 3.8) is 0 Å². The predicted octanol–water partition coefficient (Wildman–Crippen LogP) is 2.87. The van der Waals surface area contributed by atoms with Gasteiger partial charge in [-0.05, 0) is 19.8 Å². The third kappa shape index (κ3) is 3.36.